The molecule has 0 aromatic heterocycles. The van der Waals surface area contributed by atoms with E-state index in [1.807, 2.05) is 6.92 Å². The van der Waals surface area contributed by atoms with Crippen LogP contribution in [0.4, 0.5) is 0 Å². The Kier molecular flexibility index (Phi) is 4.63. The van der Waals surface area contributed by atoms with Crippen molar-refractivity contribution < 1.29 is 17.9 Å². The average Bonchev–Trinajstić information content (AvgIpc) is 3.25. The van der Waals surface area contributed by atoms with Gasteiger partial charge in [-0.05, 0) is 37.0 Å². The summed E-state index contributed by atoms with van der Waals surface area (Å²) in [7, 11) is -0.387. The van der Waals surface area contributed by atoms with Crippen molar-refractivity contribution in [2.24, 2.45) is 5.41 Å². The Morgan fingerprint density at radius 1 is 1.32 bits per heavy atom. The Balaban J connectivity index is 2.10. The number of hydrogen-bond donors (Lipinski definition) is 1. The van der Waals surface area contributed by atoms with Gasteiger partial charge in [0, 0.05) is 6.54 Å². The highest BCUT2D eigenvalue weighted by Crippen LogP contribution is 2.45. The van der Waals surface area contributed by atoms with Gasteiger partial charge in [0.15, 0.2) is 11.5 Å². The summed E-state index contributed by atoms with van der Waals surface area (Å²) in [6, 6.07) is 5.64. The molecular weight excluding hydrogens is 304 g/mol. The molecule has 1 aliphatic carbocycles. The van der Waals surface area contributed by atoms with Crippen LogP contribution in [0.1, 0.15) is 24.0 Å². The van der Waals surface area contributed by atoms with Crippen LogP contribution >= 0.6 is 0 Å². The smallest absolute Gasteiger partial charge is 0.213 e. The fourth-order valence-electron chi connectivity index (χ4n) is 2.36. The summed E-state index contributed by atoms with van der Waals surface area (Å²) in [6.07, 6.45) is 1.31. The molecule has 1 N–H and O–H groups in total. The molecule has 0 heterocycles. The molecule has 0 amide bonds. The lowest BCUT2D eigenvalue weighted by atomic mass is 10.1. The monoisotopic (exact) mass is 324 g/mol. The molecule has 0 bridgehead atoms. The molecule has 0 aliphatic heterocycles. The van der Waals surface area contributed by atoms with E-state index in [-0.39, 0.29) is 12.3 Å². The fourth-order valence-corrected chi connectivity index (χ4v) is 3.91. The molecule has 22 heavy (non-hydrogen) atoms. The van der Waals surface area contributed by atoms with Gasteiger partial charge in [0.05, 0.1) is 31.5 Å². The maximum atomic E-state index is 12.1. The third-order valence-corrected chi connectivity index (χ3v) is 5.46. The molecule has 0 unspecified atom stereocenters. The first-order valence-corrected chi connectivity index (χ1v) is 8.61. The number of nitrogens with zero attached hydrogens (tertiary/aromatic N) is 1. The van der Waals surface area contributed by atoms with Crippen molar-refractivity contribution in [1.29, 1.82) is 5.26 Å². The summed E-state index contributed by atoms with van der Waals surface area (Å²) in [6.45, 7) is 2.01. The fraction of sp³-hybridized carbons (Fsp3) is 0.533. The normalized spacial score (nSPS) is 15.9. The quantitative estimate of drug-likeness (QED) is 0.825. The van der Waals surface area contributed by atoms with E-state index in [0.717, 1.165) is 11.1 Å². The molecule has 1 saturated carbocycles. The van der Waals surface area contributed by atoms with Crippen LogP contribution in [0.2, 0.25) is 0 Å². The number of hydrogen-bond acceptors (Lipinski definition) is 5. The first-order valence-electron chi connectivity index (χ1n) is 6.95. The maximum Gasteiger partial charge on any atom is 0.213 e. The van der Waals surface area contributed by atoms with Crippen LogP contribution in [0.3, 0.4) is 0 Å². The van der Waals surface area contributed by atoms with E-state index >= 15 is 0 Å². The largest absolute Gasteiger partial charge is 0.493 e. The highest BCUT2D eigenvalue weighted by Gasteiger charge is 2.46. The summed E-state index contributed by atoms with van der Waals surface area (Å²) >= 11 is 0. The van der Waals surface area contributed by atoms with Crippen molar-refractivity contribution >= 4 is 10.0 Å². The minimum Gasteiger partial charge on any atom is -0.493 e. The molecular formula is C15H20N2O4S. The van der Waals surface area contributed by atoms with E-state index in [4.69, 9.17) is 14.7 Å². The lowest BCUT2D eigenvalue weighted by molar-refractivity contribution is 0.352. The topological polar surface area (TPSA) is 88.4 Å². The Labute approximate surface area is 131 Å². The van der Waals surface area contributed by atoms with Gasteiger partial charge < -0.3 is 9.47 Å². The third-order valence-electron chi connectivity index (χ3n) is 3.95. The van der Waals surface area contributed by atoms with Crippen molar-refractivity contribution in [3.05, 3.63) is 23.3 Å². The predicted octanol–water partition coefficient (Wildman–Crippen LogP) is 1.74. The maximum absolute atomic E-state index is 12.1. The molecule has 0 spiro atoms. The highest BCUT2D eigenvalue weighted by atomic mass is 32.2. The second kappa shape index (κ2) is 6.15. The van der Waals surface area contributed by atoms with Gasteiger partial charge in [0.1, 0.15) is 0 Å². The van der Waals surface area contributed by atoms with E-state index in [2.05, 4.69) is 10.8 Å². The molecule has 7 heteroatoms. The van der Waals surface area contributed by atoms with Gasteiger partial charge >= 0.3 is 0 Å². The lowest BCUT2D eigenvalue weighted by Crippen LogP contribution is -2.30. The van der Waals surface area contributed by atoms with Crippen LogP contribution in [0.5, 0.6) is 11.5 Å². The van der Waals surface area contributed by atoms with Crippen molar-refractivity contribution in [3.8, 4) is 17.6 Å². The van der Waals surface area contributed by atoms with Crippen LogP contribution in [0, 0.1) is 23.7 Å². The number of ether oxygens (including phenoxy) is 2. The first-order chi connectivity index (χ1) is 10.4. The van der Waals surface area contributed by atoms with Crippen LogP contribution in [-0.2, 0) is 16.6 Å². The third kappa shape index (κ3) is 3.51. The van der Waals surface area contributed by atoms with Crippen LogP contribution in [-0.4, -0.2) is 28.4 Å². The minimum atomic E-state index is -3.48. The second-order valence-electron chi connectivity index (χ2n) is 5.56. The predicted molar refractivity (Wildman–Crippen MR) is 82.2 cm³/mol. The molecule has 120 valence electrons. The molecule has 0 saturated heterocycles. The van der Waals surface area contributed by atoms with E-state index in [9.17, 15) is 8.42 Å². The van der Waals surface area contributed by atoms with Crippen LogP contribution in [0.15, 0.2) is 12.1 Å². The number of sulfonamides is 1. The number of methoxy groups -OCH3 is 2. The zero-order valence-corrected chi connectivity index (χ0v) is 13.8. The highest BCUT2D eigenvalue weighted by molar-refractivity contribution is 7.89. The van der Waals surface area contributed by atoms with Gasteiger partial charge in [-0.1, -0.05) is 6.07 Å². The molecule has 1 aliphatic rings. The van der Waals surface area contributed by atoms with Gasteiger partial charge in [-0.25, -0.2) is 13.1 Å². The molecule has 2 rings (SSSR count). The SMILES string of the molecule is COc1ccc(CNS(=O)(=O)CC2(C#N)CC2)c(C)c1OC. The van der Waals surface area contributed by atoms with Crippen molar-refractivity contribution in [2.45, 2.75) is 26.3 Å². The van der Waals surface area contributed by atoms with Gasteiger partial charge in [0.2, 0.25) is 10.0 Å². The summed E-state index contributed by atoms with van der Waals surface area (Å²) in [5.74, 6) is 1.06. The first kappa shape index (κ1) is 16.6. The van der Waals surface area contributed by atoms with Gasteiger partial charge in [0.25, 0.3) is 0 Å². The summed E-state index contributed by atoms with van der Waals surface area (Å²) in [5, 5.41) is 9.00. The Morgan fingerprint density at radius 2 is 2.00 bits per heavy atom. The molecule has 1 aromatic carbocycles. The minimum absolute atomic E-state index is 0.136. The zero-order chi connectivity index (χ0) is 16.4. The van der Waals surface area contributed by atoms with Crippen molar-refractivity contribution in [1.82, 2.24) is 4.72 Å². The van der Waals surface area contributed by atoms with Gasteiger partial charge in [-0.15, -0.1) is 0 Å². The van der Waals surface area contributed by atoms with E-state index in [0.29, 0.717) is 24.3 Å². The number of benzene rings is 1. The molecule has 1 fully saturated rings. The van der Waals surface area contributed by atoms with E-state index < -0.39 is 15.4 Å². The summed E-state index contributed by atoms with van der Waals surface area (Å²) in [5.41, 5.74) is 0.951. The van der Waals surface area contributed by atoms with E-state index in [1.54, 1.807) is 26.4 Å². The average molecular weight is 324 g/mol. The Bertz CT molecular complexity index is 703. The second-order valence-corrected chi connectivity index (χ2v) is 7.36. The van der Waals surface area contributed by atoms with Crippen molar-refractivity contribution in [2.75, 3.05) is 20.0 Å². The van der Waals surface area contributed by atoms with Crippen LogP contribution in [0.25, 0.3) is 0 Å². The summed E-state index contributed by atoms with van der Waals surface area (Å²) in [4.78, 5) is 0. The Morgan fingerprint density at radius 3 is 2.50 bits per heavy atom. The van der Waals surface area contributed by atoms with Crippen LogP contribution < -0.4 is 14.2 Å². The van der Waals surface area contributed by atoms with Gasteiger partial charge in [-0.3, -0.25) is 0 Å². The Hall–Kier alpha value is -1.78. The number of nitriles is 1. The van der Waals surface area contributed by atoms with Gasteiger partial charge in [-0.2, -0.15) is 5.26 Å². The number of nitrogens with one attached hydrogen (secondary N) is 1. The lowest BCUT2D eigenvalue weighted by Gasteiger charge is -2.15. The zero-order valence-electron chi connectivity index (χ0n) is 13.0. The molecule has 6 nitrogen and oxygen atoms in total. The molecule has 0 atom stereocenters. The van der Waals surface area contributed by atoms with Crippen molar-refractivity contribution in [3.63, 3.8) is 0 Å². The number of rotatable bonds is 7. The molecule has 0 radical (unpaired) electrons. The molecule has 1 aromatic rings. The van der Waals surface area contributed by atoms with E-state index in [1.165, 1.54) is 0 Å². The standard InChI is InChI=1S/C15H20N2O4S/c1-11-12(4-5-13(20-2)14(11)21-3)8-17-22(18,19)10-15(9-16)6-7-15/h4-5,17H,6-8,10H2,1-3H3. The summed E-state index contributed by atoms with van der Waals surface area (Å²) < 4.78 is 37.2.